The minimum atomic E-state index is -0.821. The molecule has 4 N–H and O–H groups in total. The predicted octanol–water partition coefficient (Wildman–Crippen LogP) is 3.15. The summed E-state index contributed by atoms with van der Waals surface area (Å²) < 4.78 is 30.3. The fraction of sp³-hybridized carbons (Fsp3) is 0.318. The lowest BCUT2D eigenvalue weighted by Crippen LogP contribution is -2.26. The van der Waals surface area contributed by atoms with Crippen molar-refractivity contribution in [1.29, 1.82) is 0 Å². The van der Waals surface area contributed by atoms with Gasteiger partial charge in [0.05, 0.1) is 42.9 Å². The van der Waals surface area contributed by atoms with E-state index in [-0.39, 0.29) is 60.3 Å². The van der Waals surface area contributed by atoms with Crippen molar-refractivity contribution in [1.82, 2.24) is 10.8 Å². The molecular formula is C22H25F2IN4O5. The molecule has 0 aliphatic carbocycles. The van der Waals surface area contributed by atoms with Crippen LogP contribution in [0.4, 0.5) is 20.2 Å². The second-order valence-electron chi connectivity index (χ2n) is 6.85. The van der Waals surface area contributed by atoms with Crippen LogP contribution in [-0.2, 0) is 14.5 Å². The van der Waals surface area contributed by atoms with Crippen molar-refractivity contribution in [2.45, 2.75) is 20.3 Å². The Morgan fingerprint density at radius 2 is 2.00 bits per heavy atom. The Morgan fingerprint density at radius 3 is 2.68 bits per heavy atom. The summed E-state index contributed by atoms with van der Waals surface area (Å²) >= 11 is 1.94. The minimum Gasteiger partial charge on any atom is -0.394 e. The lowest BCUT2D eigenvalue weighted by molar-refractivity contribution is -0.121. The third kappa shape index (κ3) is 7.88. The van der Waals surface area contributed by atoms with Gasteiger partial charge in [-0.25, -0.2) is 14.3 Å². The number of aliphatic hydroxyl groups is 1. The molecule has 0 saturated heterocycles. The number of anilines is 2. The number of hydrogen-bond acceptors (Lipinski definition) is 7. The topological polar surface area (TPSA) is 121 Å². The molecule has 0 radical (unpaired) electrons. The van der Waals surface area contributed by atoms with Gasteiger partial charge in [-0.3, -0.25) is 14.4 Å². The maximum atomic E-state index is 15.3. The van der Waals surface area contributed by atoms with E-state index in [0.29, 0.717) is 9.99 Å². The van der Waals surface area contributed by atoms with Crippen LogP contribution in [0, 0.1) is 22.1 Å². The highest BCUT2D eigenvalue weighted by Crippen LogP contribution is 2.30. The highest BCUT2D eigenvalue weighted by molar-refractivity contribution is 14.1. The quantitative estimate of drug-likeness (QED) is 0.131. The van der Waals surface area contributed by atoms with Gasteiger partial charge in [-0.15, -0.1) is 0 Å². The second-order valence-corrected chi connectivity index (χ2v) is 8.10. The predicted molar refractivity (Wildman–Crippen MR) is 131 cm³/mol. The van der Waals surface area contributed by atoms with Crippen molar-refractivity contribution in [2.75, 3.05) is 31.7 Å². The average Bonchev–Trinajstić information content (AvgIpc) is 2.81. The first kappa shape index (κ1) is 27.4. The van der Waals surface area contributed by atoms with Crippen LogP contribution in [0.2, 0.25) is 0 Å². The van der Waals surface area contributed by atoms with Gasteiger partial charge in [0.15, 0.2) is 5.82 Å². The molecule has 2 aromatic carbocycles. The zero-order chi connectivity index (χ0) is 25.1. The van der Waals surface area contributed by atoms with E-state index >= 15 is 4.39 Å². The van der Waals surface area contributed by atoms with Crippen LogP contribution >= 0.6 is 22.6 Å². The van der Waals surface area contributed by atoms with E-state index in [4.69, 9.17) is 14.8 Å². The minimum absolute atomic E-state index is 0.0251. The lowest BCUT2D eigenvalue weighted by atomic mass is 10.0. The number of aliphatic hydroxyl groups excluding tert-OH is 1. The number of nitrogens with zero attached hydrogens (tertiary/aromatic N) is 1. The van der Waals surface area contributed by atoms with Crippen LogP contribution in [0.25, 0.3) is 0 Å². The van der Waals surface area contributed by atoms with Crippen molar-refractivity contribution in [2.24, 2.45) is 5.16 Å². The molecule has 0 bridgehead atoms. The number of halogens is 3. The van der Waals surface area contributed by atoms with E-state index in [9.17, 15) is 14.0 Å². The zero-order valence-corrected chi connectivity index (χ0v) is 20.7. The molecule has 184 valence electrons. The summed E-state index contributed by atoms with van der Waals surface area (Å²) in [6.07, 6.45) is 1.57. The van der Waals surface area contributed by atoms with Crippen LogP contribution in [-0.4, -0.2) is 49.5 Å². The van der Waals surface area contributed by atoms with E-state index in [2.05, 4.69) is 21.3 Å². The first-order chi connectivity index (χ1) is 16.3. The summed E-state index contributed by atoms with van der Waals surface area (Å²) in [6, 6.07) is 5.66. The Bertz CT molecular complexity index is 1050. The van der Waals surface area contributed by atoms with Gasteiger partial charge in [-0.1, -0.05) is 12.1 Å². The first-order valence-corrected chi connectivity index (χ1v) is 11.4. The van der Waals surface area contributed by atoms with Gasteiger partial charge in [0, 0.05) is 15.6 Å². The summed E-state index contributed by atoms with van der Waals surface area (Å²) in [7, 11) is 0. The molecule has 0 spiro atoms. The van der Waals surface area contributed by atoms with E-state index in [1.165, 1.54) is 31.3 Å². The smallest absolute Gasteiger partial charge is 0.277 e. The molecule has 12 heteroatoms. The summed E-state index contributed by atoms with van der Waals surface area (Å²) in [5, 5.41) is 17.9. The van der Waals surface area contributed by atoms with Gasteiger partial charge in [-0.2, -0.15) is 0 Å². The van der Waals surface area contributed by atoms with Crippen molar-refractivity contribution < 1.29 is 33.2 Å². The molecule has 0 aliphatic heterocycles. The number of benzene rings is 2. The number of carbonyl (C=O) groups excluding carboxylic acids is 2. The Labute approximate surface area is 209 Å². The number of nitrogens with one attached hydrogen (secondary N) is 3. The Balaban J connectivity index is 2.31. The highest BCUT2D eigenvalue weighted by atomic mass is 127. The number of rotatable bonds is 12. The van der Waals surface area contributed by atoms with E-state index in [1.807, 2.05) is 22.6 Å². The normalized spacial score (nSPS) is 10.9. The molecule has 34 heavy (non-hydrogen) atoms. The van der Waals surface area contributed by atoms with Crippen LogP contribution in [0.5, 0.6) is 0 Å². The molecule has 0 saturated carbocycles. The molecule has 9 nitrogen and oxygen atoms in total. The molecule has 2 aromatic rings. The Morgan fingerprint density at radius 1 is 1.24 bits per heavy atom. The number of hydrogen-bond donors (Lipinski definition) is 4. The Kier molecular flexibility index (Phi) is 11.1. The molecule has 2 amide bonds. The van der Waals surface area contributed by atoms with E-state index in [0.717, 1.165) is 0 Å². The van der Waals surface area contributed by atoms with Gasteiger partial charge < -0.3 is 20.6 Å². The van der Waals surface area contributed by atoms with Crippen LogP contribution in [0.3, 0.4) is 0 Å². The molecule has 0 atom stereocenters. The van der Waals surface area contributed by atoms with Gasteiger partial charge in [0.25, 0.3) is 5.91 Å². The van der Waals surface area contributed by atoms with Crippen molar-refractivity contribution in [3.63, 3.8) is 0 Å². The van der Waals surface area contributed by atoms with Crippen LogP contribution in [0.15, 0.2) is 29.4 Å². The molecule has 0 fully saturated rings. The third-order valence-electron chi connectivity index (χ3n) is 4.45. The first-order valence-electron chi connectivity index (χ1n) is 10.3. The summed E-state index contributed by atoms with van der Waals surface area (Å²) in [5.41, 5.74) is 2.00. The third-order valence-corrected chi connectivity index (χ3v) is 5.12. The number of oxime groups is 1. The number of carbonyl (C=O) groups is 2. The largest absolute Gasteiger partial charge is 0.394 e. The summed E-state index contributed by atoms with van der Waals surface area (Å²) in [4.78, 5) is 33.8. The van der Waals surface area contributed by atoms with Gasteiger partial charge in [0.1, 0.15) is 12.4 Å². The monoisotopic (exact) mass is 590 g/mol. The SMILES string of the molecule is CCC(=O)NCCO/N=C/c1cc(C(=O)NOCCO)c(Nc2ccc(I)cc2F)c(F)c1C. The van der Waals surface area contributed by atoms with Gasteiger partial charge in [0.2, 0.25) is 5.91 Å². The summed E-state index contributed by atoms with van der Waals surface area (Å²) in [5.74, 6) is -2.37. The van der Waals surface area contributed by atoms with Crippen molar-refractivity contribution >= 4 is 52.0 Å². The standard InChI is InChI=1S/C22H25F2IN4O5/c1-3-19(31)26-6-8-33-27-12-14-10-16(22(32)29-34-9-7-30)21(20(24)13(14)2)28-18-5-4-15(25)11-17(18)23/h4-5,10-12,28,30H,3,6-9H2,1-2H3,(H,26,31)(H,29,32)/b27-12+. The van der Waals surface area contributed by atoms with E-state index in [1.54, 1.807) is 13.0 Å². The van der Waals surface area contributed by atoms with Crippen molar-refractivity contribution in [3.8, 4) is 0 Å². The number of hydroxylamine groups is 1. The zero-order valence-electron chi connectivity index (χ0n) is 18.6. The molecule has 0 aromatic heterocycles. The fourth-order valence-electron chi connectivity index (χ4n) is 2.65. The molecule has 0 unspecified atom stereocenters. The molecule has 0 heterocycles. The highest BCUT2D eigenvalue weighted by Gasteiger charge is 2.21. The van der Waals surface area contributed by atoms with Gasteiger partial charge >= 0.3 is 0 Å². The maximum Gasteiger partial charge on any atom is 0.277 e. The molecule has 2 rings (SSSR count). The summed E-state index contributed by atoms with van der Waals surface area (Å²) in [6.45, 7) is 3.02. The molecule has 0 aliphatic rings. The van der Waals surface area contributed by atoms with Crippen LogP contribution in [0.1, 0.15) is 34.8 Å². The second kappa shape index (κ2) is 13.8. The van der Waals surface area contributed by atoms with Crippen LogP contribution < -0.4 is 16.1 Å². The fourth-order valence-corrected chi connectivity index (χ4v) is 3.11. The number of amides is 2. The average molecular weight is 590 g/mol. The maximum absolute atomic E-state index is 15.3. The van der Waals surface area contributed by atoms with Gasteiger partial charge in [-0.05, 0) is 59.3 Å². The van der Waals surface area contributed by atoms with Crippen molar-refractivity contribution in [3.05, 3.63) is 56.2 Å². The van der Waals surface area contributed by atoms with E-state index < -0.39 is 17.5 Å². The molecular weight excluding hydrogens is 565 g/mol. The Hall–Kier alpha value is -2.84. The lowest BCUT2D eigenvalue weighted by Gasteiger charge is -2.17.